The van der Waals surface area contributed by atoms with Gasteiger partial charge in [0.25, 0.3) is 0 Å². The fraction of sp³-hybridized carbons (Fsp3) is 0.375. The van der Waals surface area contributed by atoms with E-state index in [0.717, 1.165) is 25.9 Å². The van der Waals surface area contributed by atoms with Crippen molar-refractivity contribution in [2.75, 3.05) is 5.32 Å². The Labute approximate surface area is 181 Å². The van der Waals surface area contributed by atoms with Gasteiger partial charge in [0.15, 0.2) is 0 Å². The molecule has 3 heterocycles. The Hall–Kier alpha value is -3.19. The molecule has 3 aromatic rings. The van der Waals surface area contributed by atoms with E-state index in [4.69, 9.17) is 5.11 Å². The molecule has 0 saturated carbocycles. The number of fused-ring (bicyclic) bond motifs is 2. The molecule has 1 unspecified atom stereocenters. The third-order valence-electron chi connectivity index (χ3n) is 6.59. The molecule has 0 spiro atoms. The quantitative estimate of drug-likeness (QED) is 0.611. The summed E-state index contributed by atoms with van der Waals surface area (Å²) < 4.78 is 1.82. The number of anilines is 1. The fourth-order valence-electron chi connectivity index (χ4n) is 5.06. The van der Waals surface area contributed by atoms with Crippen LogP contribution in [0.15, 0.2) is 61.2 Å². The van der Waals surface area contributed by atoms with Crippen molar-refractivity contribution in [3.8, 4) is 0 Å². The van der Waals surface area contributed by atoms with Crippen LogP contribution in [0.2, 0.25) is 0 Å². The van der Waals surface area contributed by atoms with E-state index in [0.29, 0.717) is 23.7 Å². The number of piperidine rings is 1. The zero-order valence-electron chi connectivity index (χ0n) is 17.4. The lowest BCUT2D eigenvalue weighted by Crippen LogP contribution is -2.46. The smallest absolute Gasteiger partial charge is 0.335 e. The molecule has 2 aromatic carbocycles. The van der Waals surface area contributed by atoms with Crippen molar-refractivity contribution in [1.82, 2.24) is 19.7 Å². The van der Waals surface area contributed by atoms with Crippen molar-refractivity contribution in [3.63, 3.8) is 0 Å². The predicted octanol–water partition coefficient (Wildman–Crippen LogP) is 3.63. The van der Waals surface area contributed by atoms with Crippen molar-refractivity contribution in [3.05, 3.63) is 77.9 Å². The molecule has 7 nitrogen and oxygen atoms in total. The number of carbonyl (C=O) groups is 1. The number of hydrogen-bond acceptors (Lipinski definition) is 5. The summed E-state index contributed by atoms with van der Waals surface area (Å²) in [7, 11) is 0. The van der Waals surface area contributed by atoms with Crippen LogP contribution in [0, 0.1) is 0 Å². The Balaban J connectivity index is 1.17. The molecular formula is C24H27N5O2. The van der Waals surface area contributed by atoms with E-state index >= 15 is 0 Å². The van der Waals surface area contributed by atoms with Crippen LogP contribution in [0.1, 0.15) is 47.2 Å². The molecule has 1 aromatic heterocycles. The average molecular weight is 418 g/mol. The second kappa shape index (κ2) is 8.51. The highest BCUT2D eigenvalue weighted by Gasteiger charge is 2.40. The van der Waals surface area contributed by atoms with Gasteiger partial charge in [0.1, 0.15) is 12.7 Å². The van der Waals surface area contributed by atoms with Crippen molar-refractivity contribution in [1.29, 1.82) is 0 Å². The predicted molar refractivity (Wildman–Crippen MR) is 118 cm³/mol. The van der Waals surface area contributed by atoms with E-state index in [1.165, 1.54) is 29.7 Å². The summed E-state index contributed by atoms with van der Waals surface area (Å²) >= 11 is 0. The molecule has 0 aliphatic carbocycles. The minimum absolute atomic E-state index is 0.349. The van der Waals surface area contributed by atoms with Crippen LogP contribution in [0.5, 0.6) is 0 Å². The lowest BCUT2D eigenvalue weighted by atomic mass is 9.96. The van der Waals surface area contributed by atoms with Crippen LogP contribution < -0.4 is 5.32 Å². The van der Waals surface area contributed by atoms with Gasteiger partial charge < -0.3 is 10.4 Å². The van der Waals surface area contributed by atoms with Gasteiger partial charge in [0.05, 0.1) is 12.1 Å². The average Bonchev–Trinajstić information content (AvgIpc) is 3.35. The summed E-state index contributed by atoms with van der Waals surface area (Å²) in [5, 5.41) is 17.0. The zero-order valence-corrected chi connectivity index (χ0v) is 17.4. The summed E-state index contributed by atoms with van der Waals surface area (Å²) in [6.45, 7) is 1.63. The summed E-state index contributed by atoms with van der Waals surface area (Å²) in [5.74, 6) is -0.870. The van der Waals surface area contributed by atoms with Gasteiger partial charge in [-0.05, 0) is 61.1 Å². The van der Waals surface area contributed by atoms with E-state index in [-0.39, 0.29) is 0 Å². The van der Waals surface area contributed by atoms with Crippen LogP contribution >= 0.6 is 0 Å². The molecule has 0 radical (unpaired) electrons. The molecule has 2 fully saturated rings. The molecule has 3 atom stereocenters. The number of carboxylic acids is 1. The topological polar surface area (TPSA) is 83.3 Å². The van der Waals surface area contributed by atoms with Gasteiger partial charge in [-0.15, -0.1) is 0 Å². The summed E-state index contributed by atoms with van der Waals surface area (Å²) in [5.41, 5.74) is 3.92. The largest absolute Gasteiger partial charge is 0.478 e. The van der Waals surface area contributed by atoms with Gasteiger partial charge in [-0.1, -0.05) is 24.3 Å². The van der Waals surface area contributed by atoms with Crippen LogP contribution in [-0.4, -0.2) is 48.9 Å². The third kappa shape index (κ3) is 4.46. The van der Waals surface area contributed by atoms with Crippen molar-refractivity contribution < 1.29 is 9.90 Å². The molecule has 2 aliphatic rings. The number of rotatable bonds is 7. The maximum atomic E-state index is 11.1. The first kappa shape index (κ1) is 19.8. The number of aromatic carboxylic acids is 1. The number of nitrogens with zero attached hydrogens (tertiary/aromatic N) is 4. The molecule has 7 heteroatoms. The third-order valence-corrected chi connectivity index (χ3v) is 6.59. The number of benzene rings is 2. The Morgan fingerprint density at radius 3 is 2.23 bits per heavy atom. The van der Waals surface area contributed by atoms with Crippen molar-refractivity contribution in [2.45, 2.75) is 56.9 Å². The molecule has 0 amide bonds. The lowest BCUT2D eigenvalue weighted by molar-refractivity contribution is 0.0696. The highest BCUT2D eigenvalue weighted by Crippen LogP contribution is 2.38. The molecule has 160 valence electrons. The molecule has 2 bridgehead atoms. The first-order valence-electron chi connectivity index (χ1n) is 10.9. The van der Waals surface area contributed by atoms with Gasteiger partial charge in [-0.25, -0.2) is 14.5 Å². The van der Waals surface area contributed by atoms with E-state index in [1.54, 1.807) is 24.8 Å². The molecule has 5 rings (SSSR count). The fourth-order valence-corrected chi connectivity index (χ4v) is 5.06. The van der Waals surface area contributed by atoms with E-state index in [9.17, 15) is 4.79 Å². The Bertz CT molecular complexity index is 1000. The van der Waals surface area contributed by atoms with Crippen molar-refractivity contribution >= 4 is 11.7 Å². The molecule has 2 aliphatic heterocycles. The van der Waals surface area contributed by atoms with Crippen molar-refractivity contribution in [2.24, 2.45) is 0 Å². The normalized spacial score (nSPS) is 23.0. The first-order chi connectivity index (χ1) is 15.1. The van der Waals surface area contributed by atoms with E-state index in [2.05, 4.69) is 44.6 Å². The first-order valence-corrected chi connectivity index (χ1v) is 10.9. The van der Waals surface area contributed by atoms with E-state index in [1.807, 2.05) is 16.8 Å². The van der Waals surface area contributed by atoms with Crippen LogP contribution in [-0.2, 0) is 13.1 Å². The van der Waals surface area contributed by atoms with Crippen LogP contribution in [0.25, 0.3) is 0 Å². The number of nitrogens with one attached hydrogen (secondary N) is 1. The van der Waals surface area contributed by atoms with Crippen LogP contribution in [0.3, 0.4) is 0 Å². The number of carboxylic acid groups (broad SMARTS) is 1. The van der Waals surface area contributed by atoms with E-state index < -0.39 is 5.97 Å². The molecule has 31 heavy (non-hydrogen) atoms. The zero-order chi connectivity index (χ0) is 21.2. The highest BCUT2D eigenvalue weighted by molar-refractivity contribution is 5.87. The van der Waals surface area contributed by atoms with Gasteiger partial charge in [0.2, 0.25) is 0 Å². The van der Waals surface area contributed by atoms with Gasteiger partial charge in [-0.3, -0.25) is 4.90 Å². The summed E-state index contributed by atoms with van der Waals surface area (Å²) in [6, 6.07) is 17.6. The second-order valence-corrected chi connectivity index (χ2v) is 8.66. The van der Waals surface area contributed by atoms with Gasteiger partial charge >= 0.3 is 5.97 Å². The standard InChI is InChI=1S/C24H27N5O2/c30-24(31)19-5-1-18(2-6-19)14-29-22-9-10-23(29)12-21(11-22)27-20-7-3-17(4-8-20)13-28-16-25-15-26-28/h1-8,15-16,21-23,27H,9-14H2,(H,30,31)/t21?,22-,23+. The Kier molecular flexibility index (Phi) is 5.42. The second-order valence-electron chi connectivity index (χ2n) is 8.66. The molecular weight excluding hydrogens is 390 g/mol. The minimum Gasteiger partial charge on any atom is -0.478 e. The lowest BCUT2D eigenvalue weighted by Gasteiger charge is -2.39. The maximum Gasteiger partial charge on any atom is 0.335 e. The summed E-state index contributed by atoms with van der Waals surface area (Å²) in [4.78, 5) is 17.7. The number of aromatic nitrogens is 3. The molecule has 2 N–H and O–H groups in total. The monoisotopic (exact) mass is 417 g/mol. The highest BCUT2D eigenvalue weighted by atomic mass is 16.4. The Morgan fingerprint density at radius 1 is 0.968 bits per heavy atom. The molecule has 2 saturated heterocycles. The summed E-state index contributed by atoms with van der Waals surface area (Å²) in [6.07, 6.45) is 8.06. The number of hydrogen-bond donors (Lipinski definition) is 2. The van der Waals surface area contributed by atoms with Gasteiger partial charge in [-0.2, -0.15) is 5.10 Å². The SMILES string of the molecule is O=C(O)c1ccc(CN2[C@@H]3CC[C@H]2CC(Nc2ccc(Cn4cncn4)cc2)C3)cc1. The maximum absolute atomic E-state index is 11.1. The van der Waals surface area contributed by atoms with Gasteiger partial charge in [0, 0.05) is 30.4 Å². The van der Waals surface area contributed by atoms with Crippen LogP contribution in [0.4, 0.5) is 5.69 Å². The Morgan fingerprint density at radius 2 is 1.61 bits per heavy atom. The minimum atomic E-state index is -0.870.